The number of nitrogens with zero attached hydrogens (tertiary/aromatic N) is 4. The van der Waals surface area contributed by atoms with Crippen molar-refractivity contribution in [3.63, 3.8) is 0 Å². The molecular formula is C27H28ClF2N7O. The molecule has 0 aliphatic rings. The molecule has 1 amide bonds. The fourth-order valence-corrected chi connectivity index (χ4v) is 3.87. The Balaban J connectivity index is 1.53. The summed E-state index contributed by atoms with van der Waals surface area (Å²) in [5, 5.41) is 9.90. The molecule has 0 spiro atoms. The van der Waals surface area contributed by atoms with Crippen LogP contribution in [-0.2, 0) is 17.9 Å². The van der Waals surface area contributed by atoms with Gasteiger partial charge in [0, 0.05) is 36.6 Å². The number of halogens is 3. The summed E-state index contributed by atoms with van der Waals surface area (Å²) in [7, 11) is 0. The molecule has 198 valence electrons. The third-order valence-corrected chi connectivity index (χ3v) is 5.89. The number of rotatable bonds is 11. The number of hydrogen-bond acceptors (Lipinski definition) is 6. The molecule has 0 saturated heterocycles. The Morgan fingerprint density at radius 2 is 1.76 bits per heavy atom. The smallest absolute Gasteiger partial charge is 0.242 e. The van der Waals surface area contributed by atoms with Crippen molar-refractivity contribution < 1.29 is 13.6 Å². The highest BCUT2D eigenvalue weighted by Crippen LogP contribution is 2.19. The molecule has 0 fully saturated rings. The number of imidazole rings is 1. The Morgan fingerprint density at radius 3 is 2.45 bits per heavy atom. The van der Waals surface area contributed by atoms with Crippen LogP contribution in [0.5, 0.6) is 0 Å². The zero-order valence-electron chi connectivity index (χ0n) is 21.0. The lowest BCUT2D eigenvalue weighted by atomic mass is 10.0. The van der Waals surface area contributed by atoms with Gasteiger partial charge >= 0.3 is 0 Å². The van der Waals surface area contributed by atoms with Gasteiger partial charge in [0.25, 0.3) is 0 Å². The first kappa shape index (κ1) is 27.0. The number of carbonyl (C=O) groups is 1. The van der Waals surface area contributed by atoms with E-state index in [2.05, 4.69) is 30.9 Å². The van der Waals surface area contributed by atoms with Crippen molar-refractivity contribution in [3.8, 4) is 5.82 Å². The summed E-state index contributed by atoms with van der Waals surface area (Å²) in [5.41, 5.74) is 1.45. The second-order valence-electron chi connectivity index (χ2n) is 9.18. The fraction of sp³-hybridized carbons (Fsp3) is 0.259. The van der Waals surface area contributed by atoms with E-state index in [1.165, 1.54) is 6.07 Å². The van der Waals surface area contributed by atoms with E-state index in [-0.39, 0.29) is 24.3 Å². The quantitative estimate of drug-likeness (QED) is 0.238. The summed E-state index contributed by atoms with van der Waals surface area (Å²) in [6, 6.07) is 12.1. The van der Waals surface area contributed by atoms with E-state index in [0.29, 0.717) is 35.2 Å². The van der Waals surface area contributed by atoms with Gasteiger partial charge in [0.15, 0.2) is 11.6 Å². The van der Waals surface area contributed by atoms with Crippen LogP contribution in [0.2, 0.25) is 5.02 Å². The highest BCUT2D eigenvalue weighted by Gasteiger charge is 2.21. The zero-order valence-corrected chi connectivity index (χ0v) is 21.7. The van der Waals surface area contributed by atoms with Crippen LogP contribution in [0.4, 0.5) is 20.5 Å². The fourth-order valence-electron chi connectivity index (χ4n) is 3.74. The van der Waals surface area contributed by atoms with Gasteiger partial charge in [0.1, 0.15) is 24.0 Å². The van der Waals surface area contributed by atoms with Crippen LogP contribution >= 0.6 is 11.6 Å². The molecule has 2 heterocycles. The van der Waals surface area contributed by atoms with E-state index in [9.17, 15) is 13.6 Å². The van der Waals surface area contributed by atoms with E-state index in [4.69, 9.17) is 11.6 Å². The van der Waals surface area contributed by atoms with Gasteiger partial charge in [-0.25, -0.2) is 13.8 Å². The monoisotopic (exact) mass is 539 g/mol. The summed E-state index contributed by atoms with van der Waals surface area (Å²) in [5.74, 6) is -0.609. The number of hydrogen-bond donors (Lipinski definition) is 3. The molecule has 2 aromatic heterocycles. The molecule has 8 nitrogen and oxygen atoms in total. The summed E-state index contributed by atoms with van der Waals surface area (Å²) < 4.78 is 28.6. The predicted molar refractivity (Wildman–Crippen MR) is 143 cm³/mol. The Bertz CT molecular complexity index is 1360. The minimum Gasteiger partial charge on any atom is -0.358 e. The van der Waals surface area contributed by atoms with Crippen molar-refractivity contribution in [1.29, 1.82) is 0 Å². The largest absolute Gasteiger partial charge is 0.358 e. The average molecular weight is 540 g/mol. The third kappa shape index (κ3) is 7.48. The van der Waals surface area contributed by atoms with Gasteiger partial charge < -0.3 is 16.0 Å². The highest BCUT2D eigenvalue weighted by molar-refractivity contribution is 6.30. The summed E-state index contributed by atoms with van der Waals surface area (Å²) in [4.78, 5) is 26.3. The van der Waals surface area contributed by atoms with Gasteiger partial charge in [-0.3, -0.25) is 9.36 Å². The Labute approximate surface area is 224 Å². The SMILES string of the molecule is CC(C)CC(Nc1cc(-n2ccnc2)nc(NCc2ccc(F)c(F)c2)n1)C(=O)NCc1ccc(Cl)cc1. The van der Waals surface area contributed by atoms with E-state index < -0.39 is 17.7 Å². The average Bonchev–Trinajstić information content (AvgIpc) is 3.43. The number of anilines is 2. The summed E-state index contributed by atoms with van der Waals surface area (Å²) in [6.45, 7) is 4.60. The molecule has 3 N–H and O–H groups in total. The number of amides is 1. The van der Waals surface area contributed by atoms with Crippen LogP contribution in [0.3, 0.4) is 0 Å². The first-order chi connectivity index (χ1) is 18.3. The van der Waals surface area contributed by atoms with Crippen LogP contribution in [-0.4, -0.2) is 31.5 Å². The summed E-state index contributed by atoms with van der Waals surface area (Å²) in [6.07, 6.45) is 5.51. The predicted octanol–water partition coefficient (Wildman–Crippen LogP) is 5.35. The highest BCUT2D eigenvalue weighted by atomic mass is 35.5. The Kier molecular flexibility index (Phi) is 8.85. The molecule has 2 aromatic carbocycles. The second-order valence-corrected chi connectivity index (χ2v) is 9.61. The van der Waals surface area contributed by atoms with Gasteiger partial charge in [-0.2, -0.15) is 9.97 Å². The lowest BCUT2D eigenvalue weighted by molar-refractivity contribution is -0.122. The number of benzene rings is 2. The molecule has 0 aliphatic heterocycles. The normalized spacial score (nSPS) is 11.8. The zero-order chi connectivity index (χ0) is 27.1. The molecular weight excluding hydrogens is 512 g/mol. The van der Waals surface area contributed by atoms with Gasteiger partial charge in [0.2, 0.25) is 11.9 Å². The molecule has 11 heteroatoms. The maximum Gasteiger partial charge on any atom is 0.242 e. The lowest BCUT2D eigenvalue weighted by Crippen LogP contribution is -2.40. The molecule has 38 heavy (non-hydrogen) atoms. The topological polar surface area (TPSA) is 96.8 Å². The summed E-state index contributed by atoms with van der Waals surface area (Å²) >= 11 is 5.95. The van der Waals surface area contributed by atoms with Gasteiger partial charge in [-0.05, 0) is 47.7 Å². The number of nitrogens with one attached hydrogen (secondary N) is 3. The van der Waals surface area contributed by atoms with Crippen molar-refractivity contribution in [2.75, 3.05) is 10.6 Å². The standard InChI is InChI=1S/C27H28ClF2N7O/c1-17(2)11-23(26(38)32-14-18-3-6-20(28)7-4-18)34-24-13-25(37-10-9-31-16-37)36-27(35-24)33-15-19-5-8-21(29)22(30)12-19/h3-10,12-13,16-17,23H,11,14-15H2,1-2H3,(H,32,38)(H2,33,34,35,36). The Morgan fingerprint density at radius 1 is 1.00 bits per heavy atom. The van der Waals surface area contributed by atoms with Gasteiger partial charge in [-0.1, -0.05) is 43.6 Å². The van der Waals surface area contributed by atoms with E-state index in [0.717, 1.165) is 17.7 Å². The van der Waals surface area contributed by atoms with Crippen molar-refractivity contribution in [2.24, 2.45) is 5.92 Å². The van der Waals surface area contributed by atoms with Crippen molar-refractivity contribution in [3.05, 3.63) is 95.0 Å². The molecule has 1 unspecified atom stereocenters. The molecule has 1 atom stereocenters. The Hall–Kier alpha value is -4.05. The van der Waals surface area contributed by atoms with Crippen LogP contribution in [0, 0.1) is 17.6 Å². The van der Waals surface area contributed by atoms with Crippen molar-refractivity contribution >= 4 is 29.3 Å². The molecule has 0 bridgehead atoms. The first-order valence-corrected chi connectivity index (χ1v) is 12.5. The van der Waals surface area contributed by atoms with Crippen LogP contribution in [0.1, 0.15) is 31.4 Å². The van der Waals surface area contributed by atoms with Crippen LogP contribution in [0.25, 0.3) is 5.82 Å². The molecule has 4 aromatic rings. The van der Waals surface area contributed by atoms with E-state index in [1.54, 1.807) is 41.5 Å². The minimum absolute atomic E-state index is 0.168. The van der Waals surface area contributed by atoms with Crippen molar-refractivity contribution in [1.82, 2.24) is 24.8 Å². The third-order valence-electron chi connectivity index (χ3n) is 5.64. The van der Waals surface area contributed by atoms with E-state index >= 15 is 0 Å². The molecule has 0 saturated carbocycles. The molecule has 4 rings (SSSR count). The molecule has 0 aliphatic carbocycles. The van der Waals surface area contributed by atoms with Crippen LogP contribution < -0.4 is 16.0 Å². The second kappa shape index (κ2) is 12.5. The van der Waals surface area contributed by atoms with Crippen LogP contribution in [0.15, 0.2) is 67.3 Å². The lowest BCUT2D eigenvalue weighted by Gasteiger charge is -2.21. The van der Waals surface area contributed by atoms with Gasteiger partial charge in [-0.15, -0.1) is 0 Å². The maximum atomic E-state index is 13.6. The van der Waals surface area contributed by atoms with Gasteiger partial charge in [0.05, 0.1) is 0 Å². The van der Waals surface area contributed by atoms with Crippen molar-refractivity contribution in [2.45, 2.75) is 39.4 Å². The minimum atomic E-state index is -0.930. The number of carbonyl (C=O) groups excluding carboxylic acids is 1. The van der Waals surface area contributed by atoms with E-state index in [1.807, 2.05) is 26.0 Å². The molecule has 0 radical (unpaired) electrons. The maximum absolute atomic E-state index is 13.6. The number of aromatic nitrogens is 4. The first-order valence-electron chi connectivity index (χ1n) is 12.1.